The second-order valence-electron chi connectivity index (χ2n) is 3.03. The minimum atomic E-state index is 0.217. The lowest BCUT2D eigenvalue weighted by atomic mass is 10.2. The van der Waals surface area contributed by atoms with E-state index in [9.17, 15) is 0 Å². The summed E-state index contributed by atoms with van der Waals surface area (Å²) in [5, 5.41) is 13.0. The molecule has 4 heteroatoms. The number of aliphatic hydroxyl groups is 1. The van der Waals surface area contributed by atoms with Gasteiger partial charge in [-0.05, 0) is 30.1 Å². The lowest BCUT2D eigenvalue weighted by Crippen LogP contribution is -2.03. The molecule has 2 rings (SSSR count). The Morgan fingerprint density at radius 3 is 3.07 bits per heavy atom. The van der Waals surface area contributed by atoms with Crippen molar-refractivity contribution in [3.8, 4) is 0 Å². The Kier molecular flexibility index (Phi) is 2.96. The summed E-state index contributed by atoms with van der Waals surface area (Å²) in [5.41, 5.74) is 0. The molecule has 0 saturated carbocycles. The third-order valence-corrected chi connectivity index (χ3v) is 2.83. The first kappa shape index (κ1) is 9.43. The Labute approximate surface area is 86.6 Å². The van der Waals surface area contributed by atoms with Gasteiger partial charge in [0.1, 0.15) is 5.82 Å². The van der Waals surface area contributed by atoms with E-state index < -0.39 is 0 Å². The van der Waals surface area contributed by atoms with Crippen LogP contribution in [-0.4, -0.2) is 22.6 Å². The highest BCUT2D eigenvalue weighted by Crippen LogP contribution is 2.25. The summed E-state index contributed by atoms with van der Waals surface area (Å²) in [5.74, 6) is 0.930. The first-order chi connectivity index (χ1) is 6.92. The van der Waals surface area contributed by atoms with Crippen molar-refractivity contribution in [1.82, 2.24) is 4.37 Å². The van der Waals surface area contributed by atoms with Gasteiger partial charge in [0.15, 0.2) is 0 Å². The second kappa shape index (κ2) is 4.39. The zero-order valence-corrected chi connectivity index (χ0v) is 8.55. The van der Waals surface area contributed by atoms with Crippen molar-refractivity contribution in [2.75, 3.05) is 18.5 Å². The van der Waals surface area contributed by atoms with Crippen molar-refractivity contribution < 1.29 is 5.11 Å². The molecule has 0 atom stereocenters. The van der Waals surface area contributed by atoms with Crippen LogP contribution in [0.2, 0.25) is 0 Å². The number of nitrogens with one attached hydrogen (secondary N) is 1. The van der Waals surface area contributed by atoms with Crippen LogP contribution in [0.4, 0.5) is 5.82 Å². The topological polar surface area (TPSA) is 45.1 Å². The molecular weight excluding hydrogens is 196 g/mol. The third-order valence-electron chi connectivity index (χ3n) is 2.00. The fourth-order valence-corrected chi connectivity index (χ4v) is 2.05. The maximum absolute atomic E-state index is 8.65. The summed E-state index contributed by atoms with van der Waals surface area (Å²) in [4.78, 5) is 0. The van der Waals surface area contributed by atoms with Gasteiger partial charge >= 0.3 is 0 Å². The van der Waals surface area contributed by atoms with Crippen molar-refractivity contribution in [3.05, 3.63) is 24.3 Å². The van der Waals surface area contributed by atoms with Crippen LogP contribution in [-0.2, 0) is 0 Å². The number of nitrogens with zero attached hydrogens (tertiary/aromatic N) is 1. The van der Waals surface area contributed by atoms with Gasteiger partial charge in [0, 0.05) is 18.5 Å². The number of fused-ring (bicyclic) bond motifs is 1. The number of aliphatic hydroxyl groups excluding tert-OH is 1. The molecule has 0 aliphatic heterocycles. The molecule has 1 heterocycles. The summed E-state index contributed by atoms with van der Waals surface area (Å²) in [6.07, 6.45) is 0.756. The maximum atomic E-state index is 8.65. The number of rotatable bonds is 4. The molecule has 0 bridgehead atoms. The molecule has 0 fully saturated rings. The number of aromatic nitrogens is 1. The van der Waals surface area contributed by atoms with Gasteiger partial charge in [-0.3, -0.25) is 0 Å². The lowest BCUT2D eigenvalue weighted by molar-refractivity contribution is 0.292. The zero-order valence-electron chi connectivity index (χ0n) is 7.73. The molecular formula is C10H12N2OS. The van der Waals surface area contributed by atoms with Crippen LogP contribution >= 0.6 is 11.5 Å². The van der Waals surface area contributed by atoms with Gasteiger partial charge in [0.05, 0.1) is 4.70 Å². The fourth-order valence-electron chi connectivity index (χ4n) is 1.30. The number of hydrogen-bond donors (Lipinski definition) is 2. The van der Waals surface area contributed by atoms with Gasteiger partial charge in [0.2, 0.25) is 0 Å². The fraction of sp³-hybridized carbons (Fsp3) is 0.300. The number of benzene rings is 1. The highest BCUT2D eigenvalue weighted by Gasteiger charge is 2.03. The van der Waals surface area contributed by atoms with Crippen LogP contribution in [0.5, 0.6) is 0 Å². The van der Waals surface area contributed by atoms with E-state index in [2.05, 4.69) is 21.8 Å². The molecule has 0 spiro atoms. The zero-order chi connectivity index (χ0) is 9.80. The lowest BCUT2D eigenvalue weighted by Gasteiger charge is -2.00. The molecule has 0 aliphatic carbocycles. The van der Waals surface area contributed by atoms with E-state index >= 15 is 0 Å². The minimum Gasteiger partial charge on any atom is -0.396 e. The van der Waals surface area contributed by atoms with Crippen LogP contribution in [0.15, 0.2) is 24.3 Å². The van der Waals surface area contributed by atoms with Gasteiger partial charge < -0.3 is 10.4 Å². The van der Waals surface area contributed by atoms with Gasteiger partial charge in [-0.25, -0.2) is 0 Å². The summed E-state index contributed by atoms with van der Waals surface area (Å²) >= 11 is 1.50. The Bertz CT molecular complexity index is 413. The second-order valence-corrected chi connectivity index (χ2v) is 3.84. The van der Waals surface area contributed by atoms with E-state index in [-0.39, 0.29) is 6.61 Å². The van der Waals surface area contributed by atoms with Crippen molar-refractivity contribution in [2.45, 2.75) is 6.42 Å². The van der Waals surface area contributed by atoms with Gasteiger partial charge in [0.25, 0.3) is 0 Å². The van der Waals surface area contributed by atoms with Gasteiger partial charge in [-0.15, -0.1) is 0 Å². The van der Waals surface area contributed by atoms with Crippen molar-refractivity contribution in [2.24, 2.45) is 0 Å². The SMILES string of the molecule is OCCCNc1nsc2ccccc12. The quantitative estimate of drug-likeness (QED) is 0.756. The Morgan fingerprint density at radius 2 is 2.21 bits per heavy atom. The van der Waals surface area contributed by atoms with Crippen LogP contribution in [0, 0.1) is 0 Å². The van der Waals surface area contributed by atoms with E-state index in [0.717, 1.165) is 24.2 Å². The highest BCUT2D eigenvalue weighted by molar-refractivity contribution is 7.13. The largest absolute Gasteiger partial charge is 0.396 e. The summed E-state index contributed by atoms with van der Waals surface area (Å²) in [7, 11) is 0. The van der Waals surface area contributed by atoms with Crippen molar-refractivity contribution in [1.29, 1.82) is 0 Å². The summed E-state index contributed by atoms with van der Waals surface area (Å²) in [6, 6.07) is 8.14. The number of hydrogen-bond acceptors (Lipinski definition) is 4. The van der Waals surface area contributed by atoms with Gasteiger partial charge in [-0.1, -0.05) is 12.1 Å². The molecule has 74 valence electrons. The molecule has 0 saturated heterocycles. The monoisotopic (exact) mass is 208 g/mol. The van der Waals surface area contributed by atoms with Crippen LogP contribution in [0.1, 0.15) is 6.42 Å². The first-order valence-corrected chi connectivity index (χ1v) is 5.38. The van der Waals surface area contributed by atoms with Gasteiger partial charge in [-0.2, -0.15) is 4.37 Å². The molecule has 2 aromatic rings. The molecule has 0 amide bonds. The molecule has 1 aromatic heterocycles. The molecule has 14 heavy (non-hydrogen) atoms. The van der Waals surface area contributed by atoms with Crippen LogP contribution < -0.4 is 5.32 Å². The van der Waals surface area contributed by atoms with Crippen molar-refractivity contribution >= 4 is 27.4 Å². The Morgan fingerprint density at radius 1 is 1.36 bits per heavy atom. The van der Waals surface area contributed by atoms with E-state index in [1.165, 1.54) is 16.2 Å². The molecule has 1 aromatic carbocycles. The highest BCUT2D eigenvalue weighted by atomic mass is 32.1. The minimum absolute atomic E-state index is 0.217. The summed E-state index contributed by atoms with van der Waals surface area (Å²) < 4.78 is 5.51. The molecule has 0 unspecified atom stereocenters. The average molecular weight is 208 g/mol. The Hall–Kier alpha value is -1.13. The first-order valence-electron chi connectivity index (χ1n) is 4.61. The molecule has 2 N–H and O–H groups in total. The van der Waals surface area contributed by atoms with E-state index in [0.29, 0.717) is 0 Å². The number of anilines is 1. The van der Waals surface area contributed by atoms with Crippen LogP contribution in [0.25, 0.3) is 10.1 Å². The predicted molar refractivity (Wildman–Crippen MR) is 59.8 cm³/mol. The average Bonchev–Trinajstić information content (AvgIpc) is 2.63. The molecule has 0 radical (unpaired) electrons. The normalized spacial score (nSPS) is 10.6. The molecule has 3 nitrogen and oxygen atoms in total. The molecule has 0 aliphatic rings. The van der Waals surface area contributed by atoms with Crippen molar-refractivity contribution in [3.63, 3.8) is 0 Å². The Balaban J connectivity index is 2.17. The summed E-state index contributed by atoms with van der Waals surface area (Å²) in [6.45, 7) is 0.985. The van der Waals surface area contributed by atoms with E-state index in [4.69, 9.17) is 5.11 Å². The van der Waals surface area contributed by atoms with E-state index in [1.807, 2.05) is 12.1 Å². The van der Waals surface area contributed by atoms with E-state index in [1.54, 1.807) is 0 Å². The third kappa shape index (κ3) is 1.86. The maximum Gasteiger partial charge on any atom is 0.147 e. The smallest absolute Gasteiger partial charge is 0.147 e. The van der Waals surface area contributed by atoms with Crippen LogP contribution in [0.3, 0.4) is 0 Å². The predicted octanol–water partition coefficient (Wildman–Crippen LogP) is 2.09. The standard InChI is InChI=1S/C10H12N2OS/c13-7-3-6-11-10-8-4-1-2-5-9(8)14-12-10/h1-2,4-5,13H,3,6-7H2,(H,11,12).